The second-order valence-electron chi connectivity index (χ2n) is 9.60. The maximum atomic E-state index is 13.2. The summed E-state index contributed by atoms with van der Waals surface area (Å²) in [4.78, 5) is 5.85. The lowest BCUT2D eigenvalue weighted by Gasteiger charge is -2.32. The molecule has 5 heteroatoms. The SMILES string of the molecule is CC(C)Cc1ccc2[nH]cc(C3CCN(CCCc4ccccc4C(F)(F)F)CC3)c2c1. The van der Waals surface area contributed by atoms with Gasteiger partial charge in [-0.3, -0.25) is 0 Å². The third-order valence-electron chi connectivity index (χ3n) is 6.69. The first-order valence-corrected chi connectivity index (χ1v) is 11.8. The highest BCUT2D eigenvalue weighted by Crippen LogP contribution is 2.35. The van der Waals surface area contributed by atoms with Crippen LogP contribution in [-0.2, 0) is 19.0 Å². The second-order valence-corrected chi connectivity index (χ2v) is 9.60. The van der Waals surface area contributed by atoms with Gasteiger partial charge in [0.2, 0.25) is 0 Å². The van der Waals surface area contributed by atoms with Gasteiger partial charge in [-0.25, -0.2) is 0 Å². The van der Waals surface area contributed by atoms with E-state index < -0.39 is 11.7 Å². The molecule has 0 spiro atoms. The number of piperidine rings is 1. The summed E-state index contributed by atoms with van der Waals surface area (Å²) in [6.45, 7) is 7.36. The highest BCUT2D eigenvalue weighted by atomic mass is 19.4. The van der Waals surface area contributed by atoms with Crippen LogP contribution >= 0.6 is 0 Å². The number of aromatic nitrogens is 1. The van der Waals surface area contributed by atoms with Crippen molar-refractivity contribution in [1.29, 1.82) is 0 Å². The van der Waals surface area contributed by atoms with Gasteiger partial charge in [0.15, 0.2) is 0 Å². The van der Waals surface area contributed by atoms with Crippen LogP contribution in [0.25, 0.3) is 10.9 Å². The fraction of sp³-hybridized carbons (Fsp3) is 0.481. The van der Waals surface area contributed by atoms with E-state index in [1.54, 1.807) is 12.1 Å². The largest absolute Gasteiger partial charge is 0.416 e. The number of benzene rings is 2. The van der Waals surface area contributed by atoms with Crippen LogP contribution in [0.3, 0.4) is 0 Å². The number of H-pyrrole nitrogens is 1. The summed E-state index contributed by atoms with van der Waals surface area (Å²) in [5.74, 6) is 1.18. The van der Waals surface area contributed by atoms with E-state index in [1.807, 2.05) is 0 Å². The van der Waals surface area contributed by atoms with Crippen LogP contribution in [0.4, 0.5) is 13.2 Å². The van der Waals surface area contributed by atoms with E-state index in [1.165, 1.54) is 34.2 Å². The number of halogens is 3. The molecule has 1 fully saturated rings. The zero-order chi connectivity index (χ0) is 22.7. The minimum atomic E-state index is -4.27. The van der Waals surface area contributed by atoms with Crippen molar-refractivity contribution in [1.82, 2.24) is 9.88 Å². The Morgan fingerprint density at radius 2 is 1.81 bits per heavy atom. The van der Waals surface area contributed by atoms with Gasteiger partial charge in [-0.15, -0.1) is 0 Å². The number of alkyl halides is 3. The fourth-order valence-electron chi connectivity index (χ4n) is 5.10. The summed E-state index contributed by atoms with van der Waals surface area (Å²) in [5, 5.41) is 1.35. The van der Waals surface area contributed by atoms with Crippen LogP contribution in [-0.4, -0.2) is 29.5 Å². The molecule has 1 aliphatic rings. The Balaban J connectivity index is 1.32. The van der Waals surface area contributed by atoms with E-state index in [-0.39, 0.29) is 0 Å². The number of nitrogens with zero attached hydrogens (tertiary/aromatic N) is 1. The average Bonchev–Trinajstić information content (AvgIpc) is 3.17. The lowest BCUT2D eigenvalue weighted by atomic mass is 9.88. The third-order valence-corrected chi connectivity index (χ3v) is 6.69. The molecule has 2 nitrogen and oxygen atoms in total. The number of aromatic amines is 1. The van der Waals surface area contributed by atoms with Gasteiger partial charge in [0.05, 0.1) is 5.56 Å². The quantitative estimate of drug-likeness (QED) is 0.410. The summed E-state index contributed by atoms with van der Waals surface area (Å²) < 4.78 is 39.6. The van der Waals surface area contributed by atoms with E-state index in [0.717, 1.165) is 45.3 Å². The van der Waals surface area contributed by atoms with Crippen molar-refractivity contribution in [2.45, 2.75) is 58.0 Å². The first-order valence-electron chi connectivity index (χ1n) is 11.8. The standard InChI is InChI=1S/C27H33F3N2/c1-19(2)16-20-9-10-26-23(17-20)24(18-31-26)21-11-14-32(15-12-21)13-5-7-22-6-3-4-8-25(22)27(28,29)30/h3-4,6,8-10,17-19,21,31H,5,7,11-16H2,1-2H3. The first-order chi connectivity index (χ1) is 15.3. The zero-order valence-corrected chi connectivity index (χ0v) is 19.0. The predicted molar refractivity (Wildman–Crippen MR) is 125 cm³/mol. The molecule has 3 aromatic rings. The lowest BCUT2D eigenvalue weighted by Crippen LogP contribution is -2.33. The molecule has 0 atom stereocenters. The molecule has 32 heavy (non-hydrogen) atoms. The molecule has 0 amide bonds. The molecule has 172 valence electrons. The smallest absolute Gasteiger partial charge is 0.361 e. The second kappa shape index (κ2) is 9.70. The van der Waals surface area contributed by atoms with Gasteiger partial charge >= 0.3 is 6.18 Å². The molecule has 1 saturated heterocycles. The number of fused-ring (bicyclic) bond motifs is 1. The van der Waals surface area contributed by atoms with Crippen LogP contribution in [0, 0.1) is 5.92 Å². The number of hydrogen-bond acceptors (Lipinski definition) is 1. The van der Waals surface area contributed by atoms with Crippen molar-refractivity contribution >= 4 is 10.9 Å². The first kappa shape index (κ1) is 22.9. The summed E-state index contributed by atoms with van der Waals surface area (Å²) in [6.07, 6.45) is 2.42. The van der Waals surface area contributed by atoms with Crippen molar-refractivity contribution < 1.29 is 13.2 Å². The van der Waals surface area contributed by atoms with Crippen LogP contribution in [0.1, 0.15) is 61.3 Å². The highest BCUT2D eigenvalue weighted by molar-refractivity contribution is 5.84. The van der Waals surface area contributed by atoms with E-state index in [9.17, 15) is 13.2 Å². The maximum absolute atomic E-state index is 13.2. The highest BCUT2D eigenvalue weighted by Gasteiger charge is 2.32. The molecule has 1 N–H and O–H groups in total. The Bertz CT molecular complexity index is 1030. The van der Waals surface area contributed by atoms with E-state index in [2.05, 4.69) is 48.1 Å². The topological polar surface area (TPSA) is 19.0 Å². The van der Waals surface area contributed by atoms with Crippen molar-refractivity contribution in [3.8, 4) is 0 Å². The molecule has 1 aromatic heterocycles. The Labute approximate surface area is 188 Å². The molecular formula is C27H33F3N2. The number of hydrogen-bond donors (Lipinski definition) is 1. The number of nitrogens with one attached hydrogen (secondary N) is 1. The average molecular weight is 443 g/mol. The monoisotopic (exact) mass is 442 g/mol. The van der Waals surface area contributed by atoms with E-state index in [4.69, 9.17) is 0 Å². The Hall–Kier alpha value is -2.27. The molecule has 1 aliphatic heterocycles. The molecular weight excluding hydrogens is 409 g/mol. The van der Waals surface area contributed by atoms with Gasteiger partial charge in [-0.2, -0.15) is 13.2 Å². The summed E-state index contributed by atoms with van der Waals surface area (Å²) >= 11 is 0. The summed E-state index contributed by atoms with van der Waals surface area (Å²) in [7, 11) is 0. The molecule has 2 heterocycles. The van der Waals surface area contributed by atoms with Gasteiger partial charge in [0.25, 0.3) is 0 Å². The Kier molecular flexibility index (Phi) is 6.94. The molecule has 0 saturated carbocycles. The summed E-state index contributed by atoms with van der Waals surface area (Å²) in [5.41, 5.74) is 3.94. The van der Waals surface area contributed by atoms with Crippen LogP contribution in [0.5, 0.6) is 0 Å². The normalized spacial score (nSPS) is 16.3. The molecule has 0 unspecified atom stereocenters. The van der Waals surface area contributed by atoms with Crippen LogP contribution < -0.4 is 0 Å². The van der Waals surface area contributed by atoms with Crippen molar-refractivity contribution in [2.24, 2.45) is 5.92 Å². The fourth-order valence-corrected chi connectivity index (χ4v) is 5.10. The third kappa shape index (κ3) is 5.37. The predicted octanol–water partition coefficient (Wildman–Crippen LogP) is 7.20. The van der Waals surface area contributed by atoms with Gasteiger partial charge in [-0.05, 0) is 98.5 Å². The number of likely N-dealkylation sites (tertiary alicyclic amines) is 1. The molecule has 0 bridgehead atoms. The molecule has 0 radical (unpaired) electrons. The molecule has 0 aliphatic carbocycles. The number of rotatable bonds is 7. The number of aryl methyl sites for hydroxylation is 1. The maximum Gasteiger partial charge on any atom is 0.416 e. The van der Waals surface area contributed by atoms with Gasteiger partial charge in [0, 0.05) is 17.1 Å². The van der Waals surface area contributed by atoms with Gasteiger partial charge in [-0.1, -0.05) is 38.1 Å². The van der Waals surface area contributed by atoms with Gasteiger partial charge < -0.3 is 9.88 Å². The van der Waals surface area contributed by atoms with E-state index >= 15 is 0 Å². The van der Waals surface area contributed by atoms with Crippen molar-refractivity contribution in [3.63, 3.8) is 0 Å². The summed E-state index contributed by atoms with van der Waals surface area (Å²) in [6, 6.07) is 12.7. The van der Waals surface area contributed by atoms with Crippen LogP contribution in [0.15, 0.2) is 48.7 Å². The Morgan fingerprint density at radius 3 is 2.53 bits per heavy atom. The van der Waals surface area contributed by atoms with Crippen molar-refractivity contribution in [3.05, 3.63) is 70.9 Å². The molecule has 4 rings (SSSR count). The van der Waals surface area contributed by atoms with E-state index in [0.29, 0.717) is 23.8 Å². The Morgan fingerprint density at radius 1 is 1.06 bits per heavy atom. The minimum Gasteiger partial charge on any atom is -0.361 e. The molecule has 2 aromatic carbocycles. The minimum absolute atomic E-state index is 0.408. The van der Waals surface area contributed by atoms with Crippen molar-refractivity contribution in [2.75, 3.05) is 19.6 Å². The lowest BCUT2D eigenvalue weighted by molar-refractivity contribution is -0.138. The van der Waals surface area contributed by atoms with Gasteiger partial charge in [0.1, 0.15) is 0 Å². The van der Waals surface area contributed by atoms with Crippen LogP contribution in [0.2, 0.25) is 0 Å². The zero-order valence-electron chi connectivity index (χ0n) is 19.0.